The van der Waals surface area contributed by atoms with Crippen molar-refractivity contribution in [3.63, 3.8) is 0 Å². The number of hydrogen-bond donors (Lipinski definition) is 1. The van der Waals surface area contributed by atoms with Gasteiger partial charge in [-0.15, -0.1) is 0 Å². The van der Waals surface area contributed by atoms with Gasteiger partial charge in [0.1, 0.15) is 0 Å². The molecule has 0 aromatic carbocycles. The first kappa shape index (κ1) is 7.75. The predicted octanol–water partition coefficient (Wildman–Crippen LogP) is 1.02. The molecule has 9 heavy (non-hydrogen) atoms. The van der Waals surface area contributed by atoms with Crippen LogP contribution in [0.2, 0.25) is 0 Å². The maximum Gasteiger partial charge on any atom is 0.0201 e. The highest BCUT2D eigenvalue weighted by atomic mass is 127. The summed E-state index contributed by atoms with van der Waals surface area (Å²) in [6, 6.07) is 0.774. The summed E-state index contributed by atoms with van der Waals surface area (Å²) in [6.45, 7) is 2.48. The Morgan fingerprint density at radius 3 is 2.44 bits per heavy atom. The molecule has 0 aliphatic carbocycles. The Balaban J connectivity index is 2.18. The highest BCUT2D eigenvalue weighted by Gasteiger charge is 2.14. The fraction of sp³-hybridized carbons (Fsp3) is 1.00. The van der Waals surface area contributed by atoms with Gasteiger partial charge < -0.3 is 5.32 Å². The van der Waals surface area contributed by atoms with Crippen LogP contribution in [0.15, 0.2) is 0 Å². The van der Waals surface area contributed by atoms with Crippen LogP contribution in [0.25, 0.3) is 0 Å². The lowest BCUT2D eigenvalue weighted by Gasteiger charge is -2.26. The highest BCUT2D eigenvalue weighted by molar-refractivity contribution is 14.1. The second-order valence-corrected chi connectivity index (χ2v) is 3.84. The van der Waals surface area contributed by atoms with E-state index in [-0.39, 0.29) is 0 Å². The maximum absolute atomic E-state index is 3.29. The standard InChI is InChI=1S/C6H13IN2/c1-8-6-2-4-9(7)5-3-6/h6,8H,2-5H2,1H3. The average molecular weight is 240 g/mol. The molecular weight excluding hydrogens is 227 g/mol. The summed E-state index contributed by atoms with van der Waals surface area (Å²) in [5.41, 5.74) is 0. The molecule has 0 aromatic rings. The Morgan fingerprint density at radius 1 is 1.44 bits per heavy atom. The first-order chi connectivity index (χ1) is 4.33. The maximum atomic E-state index is 3.29. The summed E-state index contributed by atoms with van der Waals surface area (Å²) < 4.78 is 2.35. The molecule has 1 saturated heterocycles. The minimum absolute atomic E-state index is 0.774. The summed E-state index contributed by atoms with van der Waals surface area (Å²) in [4.78, 5) is 0. The Labute approximate surface area is 70.5 Å². The van der Waals surface area contributed by atoms with Crippen molar-refractivity contribution in [1.29, 1.82) is 0 Å². The van der Waals surface area contributed by atoms with Gasteiger partial charge in [-0.2, -0.15) is 0 Å². The van der Waals surface area contributed by atoms with Crippen molar-refractivity contribution in [3.8, 4) is 0 Å². The third kappa shape index (κ3) is 2.39. The predicted molar refractivity (Wildman–Crippen MR) is 47.7 cm³/mol. The Morgan fingerprint density at radius 2 is 2.00 bits per heavy atom. The summed E-state index contributed by atoms with van der Waals surface area (Å²) in [7, 11) is 2.05. The Kier molecular flexibility index (Phi) is 3.21. The van der Waals surface area contributed by atoms with Gasteiger partial charge in [0.25, 0.3) is 0 Å². The summed E-state index contributed by atoms with van der Waals surface area (Å²) >= 11 is 2.39. The van der Waals surface area contributed by atoms with Gasteiger partial charge in [-0.05, 0) is 19.9 Å². The highest BCUT2D eigenvalue weighted by Crippen LogP contribution is 2.12. The molecular formula is C6H13IN2. The van der Waals surface area contributed by atoms with E-state index in [0.29, 0.717) is 0 Å². The van der Waals surface area contributed by atoms with Crippen molar-refractivity contribution < 1.29 is 0 Å². The lowest BCUT2D eigenvalue weighted by molar-refractivity contribution is 0.338. The SMILES string of the molecule is CNC1CCN(I)CC1. The molecule has 0 saturated carbocycles. The number of rotatable bonds is 1. The molecule has 1 heterocycles. The normalized spacial score (nSPS) is 24.7. The monoisotopic (exact) mass is 240 g/mol. The van der Waals surface area contributed by atoms with Crippen molar-refractivity contribution in [3.05, 3.63) is 0 Å². The number of piperidine rings is 1. The van der Waals surface area contributed by atoms with Gasteiger partial charge in [0.05, 0.1) is 0 Å². The number of nitrogens with one attached hydrogen (secondary N) is 1. The van der Waals surface area contributed by atoms with E-state index in [1.54, 1.807) is 0 Å². The lowest BCUT2D eigenvalue weighted by atomic mass is 10.1. The molecule has 0 radical (unpaired) electrons. The van der Waals surface area contributed by atoms with Crippen LogP contribution in [0, 0.1) is 0 Å². The van der Waals surface area contributed by atoms with Crippen LogP contribution in [-0.2, 0) is 0 Å². The molecule has 1 aliphatic heterocycles. The van der Waals surface area contributed by atoms with Crippen molar-refractivity contribution in [2.75, 3.05) is 20.1 Å². The number of hydrogen-bond acceptors (Lipinski definition) is 2. The average Bonchev–Trinajstić information content (AvgIpc) is 1.90. The van der Waals surface area contributed by atoms with E-state index < -0.39 is 0 Å². The summed E-state index contributed by atoms with van der Waals surface area (Å²) in [6.07, 6.45) is 2.61. The molecule has 1 fully saturated rings. The number of halogens is 1. The Hall–Kier alpha value is 0.650. The van der Waals surface area contributed by atoms with Crippen LogP contribution >= 0.6 is 22.9 Å². The Bertz CT molecular complexity index is 79.1. The van der Waals surface area contributed by atoms with Gasteiger partial charge >= 0.3 is 0 Å². The topological polar surface area (TPSA) is 15.3 Å². The molecule has 1 aliphatic rings. The summed E-state index contributed by atoms with van der Waals surface area (Å²) in [5, 5.41) is 3.29. The molecule has 1 N–H and O–H groups in total. The summed E-state index contributed by atoms with van der Waals surface area (Å²) in [5.74, 6) is 0. The zero-order chi connectivity index (χ0) is 6.69. The first-order valence-electron chi connectivity index (χ1n) is 3.41. The van der Waals surface area contributed by atoms with Crippen molar-refractivity contribution in [2.24, 2.45) is 0 Å². The molecule has 0 bridgehead atoms. The molecule has 1 rings (SSSR count). The van der Waals surface area contributed by atoms with E-state index in [2.05, 4.69) is 31.3 Å². The third-order valence-electron chi connectivity index (χ3n) is 1.85. The number of nitrogens with zero attached hydrogens (tertiary/aromatic N) is 1. The fourth-order valence-corrected chi connectivity index (χ4v) is 1.69. The van der Waals surface area contributed by atoms with Crippen LogP contribution in [0.1, 0.15) is 12.8 Å². The smallest absolute Gasteiger partial charge is 0.0201 e. The molecule has 54 valence electrons. The van der Waals surface area contributed by atoms with E-state index in [1.165, 1.54) is 25.9 Å². The van der Waals surface area contributed by atoms with Crippen LogP contribution in [-0.4, -0.2) is 29.3 Å². The van der Waals surface area contributed by atoms with E-state index in [1.807, 2.05) is 7.05 Å². The van der Waals surface area contributed by atoms with E-state index in [0.717, 1.165) is 6.04 Å². The minimum Gasteiger partial charge on any atom is -0.317 e. The van der Waals surface area contributed by atoms with Crippen LogP contribution in [0.4, 0.5) is 0 Å². The molecule has 0 atom stereocenters. The first-order valence-corrected chi connectivity index (χ1v) is 4.37. The van der Waals surface area contributed by atoms with Gasteiger partial charge in [0.2, 0.25) is 0 Å². The van der Waals surface area contributed by atoms with Crippen LogP contribution in [0.5, 0.6) is 0 Å². The largest absolute Gasteiger partial charge is 0.317 e. The lowest BCUT2D eigenvalue weighted by Crippen LogP contribution is -2.36. The molecule has 0 aromatic heterocycles. The second kappa shape index (κ2) is 3.73. The van der Waals surface area contributed by atoms with Gasteiger partial charge in [-0.25, -0.2) is 3.11 Å². The van der Waals surface area contributed by atoms with Crippen LogP contribution < -0.4 is 5.32 Å². The van der Waals surface area contributed by atoms with E-state index in [4.69, 9.17) is 0 Å². The van der Waals surface area contributed by atoms with Gasteiger partial charge in [0.15, 0.2) is 0 Å². The second-order valence-electron chi connectivity index (χ2n) is 2.47. The van der Waals surface area contributed by atoms with E-state index >= 15 is 0 Å². The van der Waals surface area contributed by atoms with E-state index in [9.17, 15) is 0 Å². The fourth-order valence-electron chi connectivity index (χ4n) is 1.14. The van der Waals surface area contributed by atoms with Crippen molar-refractivity contribution in [2.45, 2.75) is 18.9 Å². The quantitative estimate of drug-likeness (QED) is 0.543. The van der Waals surface area contributed by atoms with Gasteiger partial charge in [0, 0.05) is 42.0 Å². The van der Waals surface area contributed by atoms with Gasteiger partial charge in [-0.3, -0.25) is 0 Å². The van der Waals surface area contributed by atoms with Crippen molar-refractivity contribution >= 4 is 22.9 Å². The third-order valence-corrected chi connectivity index (χ3v) is 2.81. The van der Waals surface area contributed by atoms with Gasteiger partial charge in [-0.1, -0.05) is 0 Å². The van der Waals surface area contributed by atoms with Crippen molar-refractivity contribution in [1.82, 2.24) is 8.43 Å². The molecule has 0 amide bonds. The minimum atomic E-state index is 0.774. The molecule has 2 nitrogen and oxygen atoms in total. The molecule has 3 heteroatoms. The zero-order valence-corrected chi connectivity index (χ0v) is 7.89. The molecule has 0 spiro atoms. The molecule has 0 unspecified atom stereocenters. The zero-order valence-electron chi connectivity index (χ0n) is 5.73. The van der Waals surface area contributed by atoms with Crippen LogP contribution in [0.3, 0.4) is 0 Å².